The number of carbonyl (C=O) groups is 1. The topological polar surface area (TPSA) is 114 Å². The molecule has 2 aromatic heterocycles. The first-order chi connectivity index (χ1) is 19.8. The molecular weight excluding hydrogens is 551 g/mol. The highest BCUT2D eigenvalue weighted by Gasteiger charge is 2.40. The van der Waals surface area contributed by atoms with Crippen LogP contribution in [0.4, 0.5) is 4.39 Å². The van der Waals surface area contributed by atoms with Crippen LogP contribution in [0.3, 0.4) is 0 Å². The molecule has 0 spiro atoms. The fourth-order valence-corrected chi connectivity index (χ4v) is 7.12. The first-order valence-electron chi connectivity index (χ1n) is 13.6. The summed E-state index contributed by atoms with van der Waals surface area (Å²) in [5.41, 5.74) is 1.66. The Morgan fingerprint density at radius 3 is 2.63 bits per heavy atom. The molecule has 0 saturated carbocycles. The van der Waals surface area contributed by atoms with Crippen LogP contribution >= 0.6 is 0 Å². The smallest absolute Gasteiger partial charge is 0.374 e. The molecule has 6 rings (SSSR count). The van der Waals surface area contributed by atoms with Crippen LogP contribution in [0.2, 0.25) is 0 Å². The van der Waals surface area contributed by atoms with Gasteiger partial charge in [-0.1, -0.05) is 41.6 Å². The van der Waals surface area contributed by atoms with E-state index in [0.29, 0.717) is 29.9 Å². The van der Waals surface area contributed by atoms with Crippen LogP contribution in [0.25, 0.3) is 11.0 Å². The quantitative estimate of drug-likeness (QED) is 0.274. The van der Waals surface area contributed by atoms with E-state index in [4.69, 9.17) is 9.15 Å². The molecule has 2 fully saturated rings. The summed E-state index contributed by atoms with van der Waals surface area (Å²) in [6.45, 7) is 4.54. The van der Waals surface area contributed by atoms with Crippen molar-refractivity contribution in [3.63, 3.8) is 0 Å². The van der Waals surface area contributed by atoms with Gasteiger partial charge in [0.1, 0.15) is 18.0 Å². The monoisotopic (exact) mass is 582 g/mol. The molecule has 2 aliphatic heterocycles. The third-order valence-electron chi connectivity index (χ3n) is 7.62. The van der Waals surface area contributed by atoms with Gasteiger partial charge in [-0.25, -0.2) is 22.3 Å². The summed E-state index contributed by atoms with van der Waals surface area (Å²) >= 11 is 0. The van der Waals surface area contributed by atoms with Gasteiger partial charge < -0.3 is 9.15 Å². The largest absolute Gasteiger partial charge is 0.458 e. The van der Waals surface area contributed by atoms with Gasteiger partial charge in [-0.15, -0.1) is 5.10 Å². The molecule has 2 saturated heterocycles. The van der Waals surface area contributed by atoms with E-state index in [-0.39, 0.29) is 43.1 Å². The number of halogens is 1. The highest BCUT2D eigenvalue weighted by molar-refractivity contribution is 7.89. The van der Waals surface area contributed by atoms with E-state index >= 15 is 0 Å². The number of rotatable bonds is 9. The molecule has 1 unspecified atom stereocenters. The van der Waals surface area contributed by atoms with Gasteiger partial charge in [0.2, 0.25) is 15.8 Å². The lowest BCUT2D eigenvalue weighted by Crippen LogP contribution is -2.52. The molecule has 11 nitrogen and oxygen atoms in total. The predicted molar refractivity (Wildman–Crippen MR) is 148 cm³/mol. The van der Waals surface area contributed by atoms with E-state index in [1.807, 2.05) is 18.2 Å². The number of aromatic nitrogens is 3. The van der Waals surface area contributed by atoms with E-state index in [1.165, 1.54) is 15.1 Å². The van der Waals surface area contributed by atoms with Gasteiger partial charge in [-0.05, 0) is 18.2 Å². The van der Waals surface area contributed by atoms with Crippen molar-refractivity contribution in [1.82, 2.24) is 29.1 Å². The number of fused-ring (bicyclic) bond motifs is 1. The van der Waals surface area contributed by atoms with Crippen molar-refractivity contribution in [3.05, 3.63) is 83.6 Å². The summed E-state index contributed by atoms with van der Waals surface area (Å²) in [5.74, 6) is -0.553. The SMILES string of the molecule is O=C(OCCN1CCN(C2CN(Cc3cn(Cc4ccccc4F)nn3)S(=O)(=O)C2)CC1)c1cc2ccccc2o1. The van der Waals surface area contributed by atoms with E-state index < -0.39 is 16.0 Å². The number of nitrogens with zero attached hydrogens (tertiary/aromatic N) is 6. The van der Waals surface area contributed by atoms with Crippen molar-refractivity contribution in [1.29, 1.82) is 0 Å². The zero-order chi connectivity index (χ0) is 28.4. The predicted octanol–water partition coefficient (Wildman–Crippen LogP) is 2.20. The van der Waals surface area contributed by atoms with Gasteiger partial charge in [-0.2, -0.15) is 4.31 Å². The first kappa shape index (κ1) is 27.5. The number of para-hydroxylation sites is 1. The number of carbonyl (C=O) groups excluding carboxylic acids is 1. The van der Waals surface area contributed by atoms with Gasteiger partial charge in [0.15, 0.2) is 0 Å². The first-order valence-corrected chi connectivity index (χ1v) is 15.2. The molecule has 0 bridgehead atoms. The van der Waals surface area contributed by atoms with Crippen LogP contribution in [0.5, 0.6) is 0 Å². The summed E-state index contributed by atoms with van der Waals surface area (Å²) in [5, 5.41) is 9.02. The number of esters is 1. The fraction of sp³-hybridized carbons (Fsp3) is 0.393. The van der Waals surface area contributed by atoms with Gasteiger partial charge in [-0.3, -0.25) is 9.80 Å². The maximum atomic E-state index is 14.0. The Morgan fingerprint density at radius 2 is 1.83 bits per heavy atom. The van der Waals surface area contributed by atoms with Crippen LogP contribution in [-0.2, 0) is 27.8 Å². The summed E-state index contributed by atoms with van der Waals surface area (Å²) in [6.07, 6.45) is 1.66. The standard InChI is InChI=1S/C28H31FN6O5S/c29-25-7-3-1-6-22(25)16-34-17-23(30-31-34)18-35-19-24(20-41(35,37)38)33-11-9-32(10-12-33)13-14-39-28(36)27-15-21-5-2-4-8-26(21)40-27/h1-8,15,17,24H,9-14,16,18-20H2. The van der Waals surface area contributed by atoms with Crippen molar-refractivity contribution in [2.24, 2.45) is 0 Å². The second-order valence-corrected chi connectivity index (χ2v) is 12.4. The summed E-state index contributed by atoms with van der Waals surface area (Å²) in [6, 6.07) is 15.5. The Labute approximate surface area is 237 Å². The zero-order valence-corrected chi connectivity index (χ0v) is 23.2. The van der Waals surface area contributed by atoms with E-state index in [2.05, 4.69) is 20.1 Å². The molecular formula is C28H31FN6O5S. The van der Waals surface area contributed by atoms with Crippen LogP contribution in [0, 0.1) is 5.82 Å². The summed E-state index contributed by atoms with van der Waals surface area (Å²) < 4.78 is 53.8. The van der Waals surface area contributed by atoms with Crippen molar-refractivity contribution in [2.45, 2.75) is 19.1 Å². The van der Waals surface area contributed by atoms with Crippen LogP contribution in [0.1, 0.15) is 21.8 Å². The molecule has 4 heterocycles. The highest BCUT2D eigenvalue weighted by Crippen LogP contribution is 2.23. The number of furan rings is 1. The normalized spacial score (nSPS) is 20.1. The number of hydrogen-bond acceptors (Lipinski definition) is 9. The maximum Gasteiger partial charge on any atom is 0.374 e. The minimum absolute atomic E-state index is 0.0610. The molecule has 0 radical (unpaired) electrons. The van der Waals surface area contributed by atoms with Crippen molar-refractivity contribution in [3.8, 4) is 0 Å². The third-order valence-corrected chi connectivity index (χ3v) is 9.49. The Balaban J connectivity index is 0.956. The average Bonchev–Trinajstić information content (AvgIpc) is 3.67. The van der Waals surface area contributed by atoms with Gasteiger partial charge in [0.25, 0.3) is 0 Å². The van der Waals surface area contributed by atoms with Crippen molar-refractivity contribution < 1.29 is 26.8 Å². The molecule has 2 aromatic carbocycles. The molecule has 1 atom stereocenters. The van der Waals surface area contributed by atoms with E-state index in [9.17, 15) is 17.6 Å². The Hall–Kier alpha value is -3.65. The lowest BCUT2D eigenvalue weighted by atomic mass is 10.2. The lowest BCUT2D eigenvalue weighted by molar-refractivity contribution is 0.0373. The van der Waals surface area contributed by atoms with E-state index in [1.54, 1.807) is 36.5 Å². The van der Waals surface area contributed by atoms with Crippen molar-refractivity contribution in [2.75, 3.05) is 51.6 Å². The Bertz CT molecular complexity index is 1600. The molecule has 0 aliphatic carbocycles. The highest BCUT2D eigenvalue weighted by atomic mass is 32.2. The fourth-order valence-electron chi connectivity index (χ4n) is 5.38. The maximum absolute atomic E-state index is 14.0. The molecule has 2 aliphatic rings. The number of benzene rings is 2. The number of ether oxygens (including phenoxy) is 1. The molecule has 4 aromatic rings. The van der Waals surface area contributed by atoms with Crippen LogP contribution in [-0.4, -0.2) is 101 Å². The summed E-state index contributed by atoms with van der Waals surface area (Å²) in [4.78, 5) is 16.8. The van der Waals surface area contributed by atoms with Crippen LogP contribution < -0.4 is 0 Å². The zero-order valence-electron chi connectivity index (χ0n) is 22.4. The van der Waals surface area contributed by atoms with Crippen LogP contribution in [0.15, 0.2) is 65.2 Å². The van der Waals surface area contributed by atoms with Gasteiger partial charge in [0.05, 0.1) is 30.7 Å². The molecule has 0 N–H and O–H groups in total. The van der Waals surface area contributed by atoms with Crippen molar-refractivity contribution >= 4 is 27.0 Å². The molecule has 0 amide bonds. The van der Waals surface area contributed by atoms with Gasteiger partial charge >= 0.3 is 5.97 Å². The Kier molecular flexibility index (Phi) is 7.84. The number of sulfonamides is 1. The lowest BCUT2D eigenvalue weighted by Gasteiger charge is -2.37. The average molecular weight is 583 g/mol. The van der Waals surface area contributed by atoms with E-state index in [0.717, 1.165) is 31.6 Å². The minimum Gasteiger partial charge on any atom is -0.458 e. The third kappa shape index (κ3) is 6.32. The Morgan fingerprint density at radius 1 is 1.05 bits per heavy atom. The summed E-state index contributed by atoms with van der Waals surface area (Å²) in [7, 11) is -3.44. The molecule has 216 valence electrons. The number of piperazine rings is 1. The van der Waals surface area contributed by atoms with Gasteiger partial charge in [0, 0.05) is 56.3 Å². The molecule has 13 heteroatoms. The molecule has 41 heavy (non-hydrogen) atoms. The second kappa shape index (κ2) is 11.7. The second-order valence-electron chi connectivity index (χ2n) is 10.4. The minimum atomic E-state index is -3.44. The number of hydrogen-bond donors (Lipinski definition) is 0.